The van der Waals surface area contributed by atoms with E-state index in [-0.39, 0.29) is 24.5 Å². The first kappa shape index (κ1) is 19.9. The molecule has 1 spiro atoms. The van der Waals surface area contributed by atoms with E-state index in [9.17, 15) is 22.8 Å². The average Bonchev–Trinajstić information content (AvgIpc) is 2.66. The molecule has 158 valence electrons. The minimum atomic E-state index is -4.38. The number of rotatable bonds is 2. The quantitative estimate of drug-likeness (QED) is 0.802. The third-order valence-corrected chi connectivity index (χ3v) is 5.81. The molecule has 3 saturated heterocycles. The highest BCUT2D eigenvalue weighted by Gasteiger charge is 2.49. The smallest absolute Gasteiger partial charge is 0.369 e. The van der Waals surface area contributed by atoms with E-state index >= 15 is 0 Å². The number of alkyl halides is 3. The van der Waals surface area contributed by atoms with Gasteiger partial charge in [-0.1, -0.05) is 0 Å². The fraction of sp³-hybridized carbons (Fsp3) is 0.632. The van der Waals surface area contributed by atoms with Crippen molar-refractivity contribution in [3.05, 3.63) is 29.6 Å². The van der Waals surface area contributed by atoms with Crippen LogP contribution in [0.15, 0.2) is 18.3 Å². The fourth-order valence-corrected chi connectivity index (χ4v) is 4.23. The molecule has 0 atom stereocenters. The van der Waals surface area contributed by atoms with Crippen molar-refractivity contribution in [2.75, 3.05) is 39.4 Å². The summed E-state index contributed by atoms with van der Waals surface area (Å²) in [6.45, 7) is 2.61. The number of hydrogen-bond acceptors (Lipinski definition) is 4. The van der Waals surface area contributed by atoms with Gasteiger partial charge in [-0.3, -0.25) is 9.78 Å². The topological polar surface area (TPSA) is 74.8 Å². The number of pyridine rings is 1. The summed E-state index contributed by atoms with van der Waals surface area (Å²) in [7, 11) is 0. The Morgan fingerprint density at radius 2 is 1.97 bits per heavy atom. The summed E-state index contributed by atoms with van der Waals surface area (Å²) in [6, 6.07) is 2.45. The van der Waals surface area contributed by atoms with Gasteiger partial charge < -0.3 is 19.9 Å². The number of likely N-dealkylation sites (tertiary alicyclic amines) is 2. The first-order valence-corrected chi connectivity index (χ1v) is 9.69. The minimum absolute atomic E-state index is 0.0402. The molecule has 0 unspecified atom stereocenters. The molecule has 0 radical (unpaired) electrons. The van der Waals surface area contributed by atoms with Gasteiger partial charge in [0.15, 0.2) is 0 Å². The summed E-state index contributed by atoms with van der Waals surface area (Å²) in [5.74, 6) is 0.137. The van der Waals surface area contributed by atoms with Crippen LogP contribution in [0.25, 0.3) is 0 Å². The van der Waals surface area contributed by atoms with Gasteiger partial charge in [0.2, 0.25) is 5.91 Å². The van der Waals surface area contributed by atoms with Crippen molar-refractivity contribution >= 4 is 11.9 Å². The van der Waals surface area contributed by atoms with E-state index < -0.39 is 17.3 Å². The minimum Gasteiger partial charge on any atom is -0.369 e. The van der Waals surface area contributed by atoms with E-state index in [0.717, 1.165) is 25.1 Å². The molecule has 0 saturated carbocycles. The maximum absolute atomic E-state index is 12.7. The van der Waals surface area contributed by atoms with Crippen LogP contribution in [0.2, 0.25) is 0 Å². The summed E-state index contributed by atoms with van der Waals surface area (Å²) in [4.78, 5) is 31.6. The Kier molecular flexibility index (Phi) is 5.14. The maximum atomic E-state index is 12.7. The number of ether oxygens (including phenoxy) is 1. The predicted molar refractivity (Wildman–Crippen MR) is 95.9 cm³/mol. The fourth-order valence-electron chi connectivity index (χ4n) is 4.23. The Labute approximate surface area is 166 Å². The largest absolute Gasteiger partial charge is 0.417 e. The van der Waals surface area contributed by atoms with Gasteiger partial charge in [-0.05, 0) is 37.3 Å². The second kappa shape index (κ2) is 7.47. The molecule has 1 N–H and O–H groups in total. The lowest BCUT2D eigenvalue weighted by Crippen LogP contribution is -2.76. The number of nitrogens with zero attached hydrogens (tertiary/aromatic N) is 3. The van der Waals surface area contributed by atoms with Crippen LogP contribution in [0.5, 0.6) is 0 Å². The molecule has 7 nitrogen and oxygen atoms in total. The van der Waals surface area contributed by atoms with E-state index in [2.05, 4.69) is 10.3 Å². The Hall–Kier alpha value is -2.36. The van der Waals surface area contributed by atoms with Crippen LogP contribution in [0.4, 0.5) is 18.0 Å². The van der Waals surface area contributed by atoms with Gasteiger partial charge in [0.25, 0.3) is 0 Å². The zero-order valence-corrected chi connectivity index (χ0v) is 15.9. The molecule has 3 fully saturated rings. The highest BCUT2D eigenvalue weighted by molar-refractivity contribution is 5.81. The highest BCUT2D eigenvalue weighted by atomic mass is 19.4. The third-order valence-electron chi connectivity index (χ3n) is 5.81. The van der Waals surface area contributed by atoms with Crippen molar-refractivity contribution in [1.29, 1.82) is 0 Å². The first-order valence-electron chi connectivity index (χ1n) is 9.69. The molecule has 0 aliphatic carbocycles. The number of carbonyl (C=O) groups excluding carboxylic acids is 2. The molecule has 1 aromatic heterocycles. The first-order chi connectivity index (χ1) is 13.7. The molecule has 1 aromatic rings. The van der Waals surface area contributed by atoms with E-state index in [0.29, 0.717) is 44.9 Å². The molecule has 0 bridgehead atoms. The van der Waals surface area contributed by atoms with Gasteiger partial charge in [0.1, 0.15) is 6.61 Å². The number of hydrogen-bond donors (Lipinski definition) is 1. The number of amides is 3. The van der Waals surface area contributed by atoms with Crippen molar-refractivity contribution in [1.82, 2.24) is 20.1 Å². The Morgan fingerprint density at radius 3 is 2.55 bits per heavy atom. The van der Waals surface area contributed by atoms with Gasteiger partial charge in [0, 0.05) is 38.1 Å². The van der Waals surface area contributed by atoms with E-state index in [1.165, 1.54) is 6.07 Å². The van der Waals surface area contributed by atoms with Crippen LogP contribution in [0.1, 0.15) is 24.1 Å². The molecule has 4 heterocycles. The second-order valence-corrected chi connectivity index (χ2v) is 8.13. The second-order valence-electron chi connectivity index (χ2n) is 8.13. The normalized spacial score (nSPS) is 22.4. The van der Waals surface area contributed by atoms with Gasteiger partial charge >= 0.3 is 12.2 Å². The number of carbonyl (C=O) groups is 2. The summed E-state index contributed by atoms with van der Waals surface area (Å²) in [5.41, 5.74) is -0.550. The van der Waals surface area contributed by atoms with Crippen LogP contribution in [-0.2, 0) is 22.1 Å². The Morgan fingerprint density at radius 1 is 1.24 bits per heavy atom. The summed E-state index contributed by atoms with van der Waals surface area (Å²) in [5, 5.41) is 2.91. The monoisotopic (exact) mass is 412 g/mol. The van der Waals surface area contributed by atoms with Crippen molar-refractivity contribution < 1.29 is 27.5 Å². The maximum Gasteiger partial charge on any atom is 0.417 e. The standard InChI is InChI=1S/C19H23F3N4O3/c20-19(21,22)14-1-2-15(23-8-14)7-13-3-5-25(6-4-13)17(28)26-10-18(11-26)12-29-9-16(27)24-18/h1-2,8,13H,3-7,9-12H2,(H,24,27). The van der Waals surface area contributed by atoms with Gasteiger partial charge in [0.05, 0.1) is 17.7 Å². The Balaban J connectivity index is 1.23. The zero-order valence-electron chi connectivity index (χ0n) is 15.9. The number of morpholine rings is 1. The van der Waals surface area contributed by atoms with Gasteiger partial charge in [-0.15, -0.1) is 0 Å². The zero-order chi connectivity index (χ0) is 20.6. The van der Waals surface area contributed by atoms with Crippen LogP contribution < -0.4 is 5.32 Å². The molecular formula is C19H23F3N4O3. The van der Waals surface area contributed by atoms with Crippen molar-refractivity contribution in [2.45, 2.75) is 31.0 Å². The average molecular weight is 412 g/mol. The molecule has 3 aliphatic rings. The van der Waals surface area contributed by atoms with Crippen molar-refractivity contribution in [3.8, 4) is 0 Å². The Bertz CT molecular complexity index is 770. The summed E-state index contributed by atoms with van der Waals surface area (Å²) >= 11 is 0. The number of aromatic nitrogens is 1. The molecule has 4 rings (SSSR count). The number of piperidine rings is 1. The van der Waals surface area contributed by atoms with Crippen LogP contribution >= 0.6 is 0 Å². The summed E-state index contributed by atoms with van der Waals surface area (Å²) in [6.07, 6.45) is -1.32. The van der Waals surface area contributed by atoms with Crippen LogP contribution in [0, 0.1) is 5.92 Å². The number of nitrogens with one attached hydrogen (secondary N) is 1. The van der Waals surface area contributed by atoms with Crippen LogP contribution in [-0.4, -0.2) is 71.7 Å². The molecule has 3 aliphatic heterocycles. The van der Waals surface area contributed by atoms with E-state index in [4.69, 9.17) is 4.74 Å². The van der Waals surface area contributed by atoms with Gasteiger partial charge in [-0.25, -0.2) is 4.79 Å². The lowest BCUT2D eigenvalue weighted by atomic mass is 9.89. The number of urea groups is 1. The molecule has 29 heavy (non-hydrogen) atoms. The lowest BCUT2D eigenvalue weighted by molar-refractivity contribution is -0.141. The van der Waals surface area contributed by atoms with E-state index in [1.807, 2.05) is 0 Å². The van der Waals surface area contributed by atoms with E-state index in [1.54, 1.807) is 9.80 Å². The molecule has 10 heteroatoms. The SMILES string of the molecule is O=C1COCC2(CN(C(=O)N3CCC(Cc4ccc(C(F)(F)F)cn4)CC3)C2)N1. The highest BCUT2D eigenvalue weighted by Crippen LogP contribution is 2.30. The summed E-state index contributed by atoms with van der Waals surface area (Å²) < 4.78 is 43.1. The lowest BCUT2D eigenvalue weighted by Gasteiger charge is -2.52. The van der Waals surface area contributed by atoms with Gasteiger partial charge in [-0.2, -0.15) is 13.2 Å². The van der Waals surface area contributed by atoms with Crippen molar-refractivity contribution in [2.24, 2.45) is 5.92 Å². The molecule has 3 amide bonds. The van der Waals surface area contributed by atoms with Crippen LogP contribution in [0.3, 0.4) is 0 Å². The predicted octanol–water partition coefficient (Wildman–Crippen LogP) is 1.68. The number of halogens is 3. The molecular weight excluding hydrogens is 389 g/mol. The third kappa shape index (κ3) is 4.31. The molecule has 0 aromatic carbocycles. The van der Waals surface area contributed by atoms with Crippen molar-refractivity contribution in [3.63, 3.8) is 0 Å².